The van der Waals surface area contributed by atoms with E-state index in [1.807, 2.05) is 12.1 Å². The highest BCUT2D eigenvalue weighted by atomic mass is 127. The molecular formula is C14H18INOS. The number of hydrogen-bond acceptors (Lipinski definition) is 2. The molecule has 0 bridgehead atoms. The average molecular weight is 375 g/mol. The Bertz CT molecular complexity index is 411. The first-order chi connectivity index (χ1) is 8.61. The van der Waals surface area contributed by atoms with Crippen molar-refractivity contribution in [3.63, 3.8) is 0 Å². The van der Waals surface area contributed by atoms with Gasteiger partial charge in [-0.2, -0.15) is 0 Å². The van der Waals surface area contributed by atoms with E-state index in [9.17, 15) is 4.79 Å². The minimum Gasteiger partial charge on any atom is -0.351 e. The summed E-state index contributed by atoms with van der Waals surface area (Å²) >= 11 is 4.03. The second-order valence-electron chi connectivity index (χ2n) is 4.93. The molecule has 0 radical (unpaired) electrons. The zero-order valence-electron chi connectivity index (χ0n) is 10.7. The first-order valence-electron chi connectivity index (χ1n) is 6.22. The third kappa shape index (κ3) is 3.20. The van der Waals surface area contributed by atoms with Crippen molar-refractivity contribution in [1.29, 1.82) is 0 Å². The molecule has 1 aliphatic rings. The van der Waals surface area contributed by atoms with E-state index < -0.39 is 0 Å². The van der Waals surface area contributed by atoms with Crippen molar-refractivity contribution in [2.75, 3.05) is 4.43 Å². The normalized spacial score (nSPS) is 19.7. The van der Waals surface area contributed by atoms with Crippen molar-refractivity contribution in [3.05, 3.63) is 29.8 Å². The van der Waals surface area contributed by atoms with Gasteiger partial charge in [-0.15, -0.1) is 11.8 Å². The monoisotopic (exact) mass is 375 g/mol. The number of fused-ring (bicyclic) bond motifs is 1. The van der Waals surface area contributed by atoms with Crippen LogP contribution in [0.3, 0.4) is 0 Å². The molecule has 2 nitrogen and oxygen atoms in total. The Morgan fingerprint density at radius 3 is 2.83 bits per heavy atom. The van der Waals surface area contributed by atoms with E-state index in [0.717, 1.165) is 10.8 Å². The second kappa shape index (κ2) is 6.28. The van der Waals surface area contributed by atoms with Crippen LogP contribution in [0.15, 0.2) is 29.2 Å². The van der Waals surface area contributed by atoms with Gasteiger partial charge in [0, 0.05) is 15.4 Å². The number of nitrogens with one attached hydrogen (secondary N) is 1. The van der Waals surface area contributed by atoms with Crippen LogP contribution in [0.5, 0.6) is 0 Å². The van der Waals surface area contributed by atoms with Crippen LogP contribution in [-0.4, -0.2) is 21.6 Å². The van der Waals surface area contributed by atoms with Gasteiger partial charge in [-0.05, 0) is 24.0 Å². The number of benzene rings is 1. The molecule has 98 valence electrons. The van der Waals surface area contributed by atoms with Crippen LogP contribution in [0.2, 0.25) is 0 Å². The summed E-state index contributed by atoms with van der Waals surface area (Å²) in [4.78, 5) is 13.5. The summed E-state index contributed by atoms with van der Waals surface area (Å²) in [6.45, 7) is 4.31. The van der Waals surface area contributed by atoms with Gasteiger partial charge in [0.15, 0.2) is 0 Å². The SMILES string of the molecule is CC(C)C(CI)NC(=O)C1Cc2ccccc2S1. The van der Waals surface area contributed by atoms with E-state index in [1.54, 1.807) is 11.8 Å². The highest BCUT2D eigenvalue weighted by Gasteiger charge is 2.29. The van der Waals surface area contributed by atoms with Gasteiger partial charge in [-0.25, -0.2) is 0 Å². The van der Waals surface area contributed by atoms with E-state index in [0.29, 0.717) is 5.92 Å². The Kier molecular flexibility index (Phi) is 4.95. The lowest BCUT2D eigenvalue weighted by molar-refractivity contribution is -0.121. The quantitative estimate of drug-likeness (QED) is 0.647. The highest BCUT2D eigenvalue weighted by molar-refractivity contribution is 14.1. The number of carbonyl (C=O) groups excluding carboxylic acids is 1. The van der Waals surface area contributed by atoms with E-state index in [4.69, 9.17) is 0 Å². The zero-order valence-corrected chi connectivity index (χ0v) is 13.6. The molecule has 4 heteroatoms. The van der Waals surface area contributed by atoms with Gasteiger partial charge in [0.05, 0.1) is 5.25 Å². The van der Waals surface area contributed by atoms with Gasteiger partial charge < -0.3 is 5.32 Å². The number of hydrogen-bond donors (Lipinski definition) is 1. The third-order valence-corrected chi connectivity index (χ3v) is 5.50. The second-order valence-corrected chi connectivity index (χ2v) is 7.06. The molecule has 0 saturated carbocycles. The smallest absolute Gasteiger partial charge is 0.234 e. The van der Waals surface area contributed by atoms with Crippen LogP contribution in [0, 0.1) is 5.92 Å². The van der Waals surface area contributed by atoms with Gasteiger partial charge in [-0.1, -0.05) is 54.6 Å². The maximum absolute atomic E-state index is 12.3. The minimum atomic E-state index is 0.0478. The number of rotatable bonds is 4. The highest BCUT2D eigenvalue weighted by Crippen LogP contribution is 2.36. The molecule has 1 amide bonds. The number of alkyl halides is 1. The molecule has 1 aromatic rings. The Balaban J connectivity index is 1.97. The Hall–Kier alpha value is -0.230. The lowest BCUT2D eigenvalue weighted by Crippen LogP contribution is -2.43. The van der Waals surface area contributed by atoms with Crippen molar-refractivity contribution in [2.24, 2.45) is 5.92 Å². The fraction of sp³-hybridized carbons (Fsp3) is 0.500. The molecule has 1 N–H and O–H groups in total. The molecule has 1 heterocycles. The molecule has 0 aromatic heterocycles. The summed E-state index contributed by atoms with van der Waals surface area (Å²) in [6.07, 6.45) is 0.860. The molecule has 0 fully saturated rings. The number of thioether (sulfide) groups is 1. The Morgan fingerprint density at radius 1 is 1.50 bits per heavy atom. The summed E-state index contributed by atoms with van der Waals surface area (Å²) < 4.78 is 0.964. The minimum absolute atomic E-state index is 0.0478. The van der Waals surface area contributed by atoms with Crippen molar-refractivity contribution in [3.8, 4) is 0 Å². The van der Waals surface area contributed by atoms with E-state index in [2.05, 4.69) is 53.9 Å². The summed E-state index contributed by atoms with van der Waals surface area (Å²) in [7, 11) is 0. The van der Waals surface area contributed by atoms with Crippen molar-refractivity contribution < 1.29 is 4.79 Å². The number of halogens is 1. The average Bonchev–Trinajstić information content (AvgIpc) is 2.79. The molecule has 0 saturated heterocycles. The maximum Gasteiger partial charge on any atom is 0.234 e. The van der Waals surface area contributed by atoms with Gasteiger partial charge in [0.25, 0.3) is 0 Å². The van der Waals surface area contributed by atoms with Crippen molar-refractivity contribution in [1.82, 2.24) is 5.32 Å². The van der Waals surface area contributed by atoms with E-state index >= 15 is 0 Å². The molecule has 2 atom stereocenters. The lowest BCUT2D eigenvalue weighted by atomic mass is 10.1. The van der Waals surface area contributed by atoms with Crippen LogP contribution < -0.4 is 5.32 Å². The molecule has 0 spiro atoms. The molecular weight excluding hydrogens is 357 g/mol. The maximum atomic E-state index is 12.3. The predicted octanol–water partition coefficient (Wildman–Crippen LogP) is 3.28. The summed E-state index contributed by atoms with van der Waals surface area (Å²) in [5.41, 5.74) is 1.30. The topological polar surface area (TPSA) is 29.1 Å². The van der Waals surface area contributed by atoms with Crippen molar-refractivity contribution in [2.45, 2.75) is 36.5 Å². The number of carbonyl (C=O) groups is 1. The van der Waals surface area contributed by atoms with Crippen LogP contribution in [-0.2, 0) is 11.2 Å². The van der Waals surface area contributed by atoms with Crippen LogP contribution in [0.1, 0.15) is 19.4 Å². The van der Waals surface area contributed by atoms with Crippen LogP contribution in [0.4, 0.5) is 0 Å². The van der Waals surface area contributed by atoms with Crippen LogP contribution in [0.25, 0.3) is 0 Å². The van der Waals surface area contributed by atoms with Gasteiger partial charge >= 0.3 is 0 Å². The zero-order chi connectivity index (χ0) is 13.1. The molecule has 1 aromatic carbocycles. The van der Waals surface area contributed by atoms with Gasteiger partial charge in [0.2, 0.25) is 5.91 Å². The molecule has 0 aliphatic carbocycles. The van der Waals surface area contributed by atoms with Gasteiger partial charge in [0.1, 0.15) is 0 Å². The van der Waals surface area contributed by atoms with Gasteiger partial charge in [-0.3, -0.25) is 4.79 Å². The van der Waals surface area contributed by atoms with Crippen molar-refractivity contribution >= 4 is 40.3 Å². The van der Waals surface area contributed by atoms with Crippen LogP contribution >= 0.6 is 34.4 Å². The molecule has 2 unspecified atom stereocenters. The van der Waals surface area contributed by atoms with E-state index in [-0.39, 0.29) is 17.2 Å². The Labute approximate surface area is 126 Å². The standard InChI is InChI=1S/C14H18INOS/c1-9(2)11(8-15)16-14(17)13-7-10-5-3-4-6-12(10)18-13/h3-6,9,11,13H,7-8H2,1-2H3,(H,16,17). The largest absolute Gasteiger partial charge is 0.351 e. The summed E-state index contributed by atoms with van der Waals surface area (Å²) in [5.74, 6) is 0.672. The fourth-order valence-corrected chi connectivity index (χ4v) is 4.43. The first-order valence-corrected chi connectivity index (χ1v) is 8.63. The fourth-order valence-electron chi connectivity index (χ4n) is 1.99. The molecule has 18 heavy (non-hydrogen) atoms. The first kappa shape index (κ1) is 14.2. The molecule has 1 aliphatic heterocycles. The Morgan fingerprint density at radius 2 is 2.22 bits per heavy atom. The van der Waals surface area contributed by atoms with E-state index in [1.165, 1.54) is 10.5 Å². The third-order valence-electron chi connectivity index (χ3n) is 3.24. The summed E-state index contributed by atoms with van der Waals surface area (Å²) in [5, 5.41) is 3.22. The molecule has 2 rings (SSSR count). The lowest BCUT2D eigenvalue weighted by Gasteiger charge is -2.21. The summed E-state index contributed by atoms with van der Waals surface area (Å²) in [6, 6.07) is 8.58. The number of amides is 1. The predicted molar refractivity (Wildman–Crippen MR) is 85.4 cm³/mol.